The van der Waals surface area contributed by atoms with E-state index in [4.69, 9.17) is 23.2 Å². The van der Waals surface area contributed by atoms with Gasteiger partial charge in [-0.05, 0) is 48.9 Å². The second kappa shape index (κ2) is 6.96. The van der Waals surface area contributed by atoms with Gasteiger partial charge in [0.15, 0.2) is 0 Å². The van der Waals surface area contributed by atoms with E-state index in [0.29, 0.717) is 22.2 Å². The molecule has 2 rings (SSSR count). The molecular formula is C15H13Cl2F2NO. The Morgan fingerprint density at radius 2 is 1.76 bits per heavy atom. The van der Waals surface area contributed by atoms with E-state index >= 15 is 0 Å². The highest BCUT2D eigenvalue weighted by Gasteiger charge is 2.10. The maximum atomic E-state index is 12.4. The lowest BCUT2D eigenvalue weighted by molar-refractivity contribution is -0.0504. The summed E-state index contributed by atoms with van der Waals surface area (Å²) < 4.78 is 29.3. The lowest BCUT2D eigenvalue weighted by Crippen LogP contribution is -2.07. The smallest absolute Gasteiger partial charge is 0.387 e. The van der Waals surface area contributed by atoms with Crippen LogP contribution in [0.15, 0.2) is 36.4 Å². The molecule has 0 aliphatic rings. The normalized spacial score (nSPS) is 10.8. The van der Waals surface area contributed by atoms with Crippen molar-refractivity contribution in [3.8, 4) is 5.75 Å². The van der Waals surface area contributed by atoms with E-state index in [1.54, 1.807) is 12.1 Å². The summed E-state index contributed by atoms with van der Waals surface area (Å²) in [4.78, 5) is 0. The van der Waals surface area contributed by atoms with E-state index in [-0.39, 0.29) is 5.75 Å². The van der Waals surface area contributed by atoms with E-state index in [1.807, 2.05) is 19.1 Å². The van der Waals surface area contributed by atoms with Crippen LogP contribution < -0.4 is 10.1 Å². The van der Waals surface area contributed by atoms with E-state index < -0.39 is 6.61 Å². The van der Waals surface area contributed by atoms with Crippen LogP contribution in [-0.2, 0) is 6.54 Å². The van der Waals surface area contributed by atoms with Gasteiger partial charge >= 0.3 is 6.61 Å². The molecule has 2 aromatic carbocycles. The summed E-state index contributed by atoms with van der Waals surface area (Å²) in [5.41, 5.74) is 2.38. The van der Waals surface area contributed by atoms with Crippen LogP contribution >= 0.6 is 23.2 Å². The Balaban J connectivity index is 2.16. The second-order valence-electron chi connectivity index (χ2n) is 4.44. The Kier molecular flexibility index (Phi) is 5.26. The average molecular weight is 332 g/mol. The predicted molar refractivity (Wildman–Crippen MR) is 81.6 cm³/mol. The maximum Gasteiger partial charge on any atom is 0.387 e. The first kappa shape index (κ1) is 15.9. The summed E-state index contributed by atoms with van der Waals surface area (Å²) in [5.74, 6) is 0.105. The minimum atomic E-state index is -2.87. The minimum Gasteiger partial charge on any atom is -0.434 e. The molecule has 0 fully saturated rings. The number of halogens is 4. The monoisotopic (exact) mass is 331 g/mol. The number of alkyl halides is 2. The standard InChI is InChI=1S/C15H13Cl2F2NO/c1-9-6-11(16)2-4-13(9)20-8-10-7-12(17)3-5-14(10)21-15(18)19/h2-7,15,20H,8H2,1H3. The van der Waals surface area contributed by atoms with Crippen LogP contribution in [0, 0.1) is 6.92 Å². The van der Waals surface area contributed by atoms with Gasteiger partial charge in [0.1, 0.15) is 5.75 Å². The van der Waals surface area contributed by atoms with Crippen LogP contribution in [0.1, 0.15) is 11.1 Å². The molecule has 0 amide bonds. The summed E-state index contributed by atoms with van der Waals surface area (Å²) in [6.07, 6.45) is 0. The van der Waals surface area contributed by atoms with Crippen molar-refractivity contribution in [2.24, 2.45) is 0 Å². The Labute approximate surface area is 131 Å². The van der Waals surface area contributed by atoms with Gasteiger partial charge in [0, 0.05) is 27.8 Å². The zero-order valence-electron chi connectivity index (χ0n) is 11.2. The van der Waals surface area contributed by atoms with Crippen molar-refractivity contribution in [1.29, 1.82) is 0 Å². The number of anilines is 1. The molecule has 0 aliphatic heterocycles. The third kappa shape index (κ3) is 4.48. The van der Waals surface area contributed by atoms with Crippen molar-refractivity contribution in [3.05, 3.63) is 57.6 Å². The van der Waals surface area contributed by atoms with Gasteiger partial charge in [0.25, 0.3) is 0 Å². The van der Waals surface area contributed by atoms with Crippen LogP contribution in [0.5, 0.6) is 5.75 Å². The third-order valence-electron chi connectivity index (χ3n) is 2.90. The number of hydrogen-bond acceptors (Lipinski definition) is 2. The average Bonchev–Trinajstić information content (AvgIpc) is 2.40. The van der Waals surface area contributed by atoms with E-state index in [1.165, 1.54) is 12.1 Å². The van der Waals surface area contributed by atoms with Crippen LogP contribution in [0.2, 0.25) is 10.0 Å². The fourth-order valence-corrected chi connectivity index (χ4v) is 2.33. The van der Waals surface area contributed by atoms with Crippen molar-refractivity contribution in [2.45, 2.75) is 20.1 Å². The van der Waals surface area contributed by atoms with Gasteiger partial charge in [-0.15, -0.1) is 0 Å². The molecule has 0 bridgehead atoms. The molecule has 0 atom stereocenters. The minimum absolute atomic E-state index is 0.105. The summed E-state index contributed by atoms with van der Waals surface area (Å²) in [7, 11) is 0. The molecule has 0 radical (unpaired) electrons. The molecule has 0 unspecified atom stereocenters. The molecule has 0 saturated carbocycles. The van der Waals surface area contributed by atoms with E-state index in [2.05, 4.69) is 10.1 Å². The van der Waals surface area contributed by atoms with Crippen molar-refractivity contribution in [2.75, 3.05) is 5.32 Å². The van der Waals surface area contributed by atoms with Gasteiger partial charge < -0.3 is 10.1 Å². The topological polar surface area (TPSA) is 21.3 Å². The fourth-order valence-electron chi connectivity index (χ4n) is 1.91. The number of ether oxygens (including phenoxy) is 1. The highest BCUT2D eigenvalue weighted by Crippen LogP contribution is 2.26. The summed E-state index contributed by atoms with van der Waals surface area (Å²) in [6, 6.07) is 9.94. The molecule has 0 heterocycles. The first-order valence-electron chi connectivity index (χ1n) is 6.19. The molecule has 112 valence electrons. The molecule has 21 heavy (non-hydrogen) atoms. The van der Waals surface area contributed by atoms with E-state index in [0.717, 1.165) is 11.3 Å². The van der Waals surface area contributed by atoms with Crippen LogP contribution in [0.25, 0.3) is 0 Å². The summed E-state index contributed by atoms with van der Waals surface area (Å²) in [5, 5.41) is 4.26. The van der Waals surface area contributed by atoms with Gasteiger partial charge in [-0.2, -0.15) is 8.78 Å². The lowest BCUT2D eigenvalue weighted by atomic mass is 10.1. The van der Waals surface area contributed by atoms with Crippen molar-refractivity contribution in [1.82, 2.24) is 0 Å². The number of rotatable bonds is 5. The van der Waals surface area contributed by atoms with Gasteiger partial charge in [-0.3, -0.25) is 0 Å². The largest absolute Gasteiger partial charge is 0.434 e. The molecule has 6 heteroatoms. The SMILES string of the molecule is Cc1cc(Cl)ccc1NCc1cc(Cl)ccc1OC(F)F. The Morgan fingerprint density at radius 1 is 1.10 bits per heavy atom. The highest BCUT2D eigenvalue weighted by atomic mass is 35.5. The van der Waals surface area contributed by atoms with Crippen molar-refractivity contribution >= 4 is 28.9 Å². The highest BCUT2D eigenvalue weighted by molar-refractivity contribution is 6.31. The Bertz CT molecular complexity index is 635. The third-order valence-corrected chi connectivity index (χ3v) is 3.37. The van der Waals surface area contributed by atoms with Gasteiger partial charge in [0.05, 0.1) is 0 Å². The number of benzene rings is 2. The molecule has 1 N–H and O–H groups in total. The quantitative estimate of drug-likeness (QED) is 0.779. The molecular weight excluding hydrogens is 319 g/mol. The van der Waals surface area contributed by atoms with Gasteiger partial charge in [-0.25, -0.2) is 0 Å². The molecule has 2 nitrogen and oxygen atoms in total. The molecule has 0 saturated heterocycles. The van der Waals surface area contributed by atoms with Crippen LogP contribution in [0.3, 0.4) is 0 Å². The first-order valence-corrected chi connectivity index (χ1v) is 6.94. The molecule has 0 aliphatic carbocycles. The van der Waals surface area contributed by atoms with Crippen LogP contribution in [-0.4, -0.2) is 6.61 Å². The van der Waals surface area contributed by atoms with Gasteiger partial charge in [-0.1, -0.05) is 23.2 Å². The number of nitrogens with one attached hydrogen (secondary N) is 1. The van der Waals surface area contributed by atoms with Crippen molar-refractivity contribution in [3.63, 3.8) is 0 Å². The number of hydrogen-bond donors (Lipinski definition) is 1. The predicted octanol–water partition coefficient (Wildman–Crippen LogP) is 5.52. The molecule has 0 spiro atoms. The summed E-state index contributed by atoms with van der Waals surface area (Å²) in [6.45, 7) is -0.657. The maximum absolute atomic E-state index is 12.4. The fraction of sp³-hybridized carbons (Fsp3) is 0.200. The Morgan fingerprint density at radius 3 is 2.43 bits per heavy atom. The molecule has 0 aromatic heterocycles. The summed E-state index contributed by atoms with van der Waals surface area (Å²) >= 11 is 11.8. The van der Waals surface area contributed by atoms with Gasteiger partial charge in [0.2, 0.25) is 0 Å². The Hall–Kier alpha value is -1.52. The van der Waals surface area contributed by atoms with E-state index in [9.17, 15) is 8.78 Å². The van der Waals surface area contributed by atoms with Crippen molar-refractivity contribution < 1.29 is 13.5 Å². The second-order valence-corrected chi connectivity index (χ2v) is 5.32. The van der Waals surface area contributed by atoms with Crippen LogP contribution in [0.4, 0.5) is 14.5 Å². The zero-order chi connectivity index (χ0) is 15.4. The number of aryl methyl sites for hydroxylation is 1. The molecule has 2 aromatic rings. The first-order chi connectivity index (χ1) is 9.95. The zero-order valence-corrected chi connectivity index (χ0v) is 12.7. The lowest BCUT2D eigenvalue weighted by Gasteiger charge is -2.14.